The molecule has 0 unspecified atom stereocenters. The number of rotatable bonds is 7. The number of nitrogens with two attached hydrogens (primary N) is 1. The molecule has 7 nitrogen and oxygen atoms in total. The van der Waals surface area contributed by atoms with E-state index in [1.54, 1.807) is 0 Å². The highest BCUT2D eigenvalue weighted by Crippen LogP contribution is 1.94. The Morgan fingerprint density at radius 3 is 2.50 bits per heavy atom. The molecule has 0 aliphatic carbocycles. The standard InChI is InChI=1S/C9H16N2O5/c1-2-3-4-16-9(15)11-6(8(13)14)5-7(10)12/h6H,2-5H2,1H3,(H2,10,12)(H,11,15)(H,13,14)/t6-/m0/s1. The summed E-state index contributed by atoms with van der Waals surface area (Å²) in [5.41, 5.74) is 4.83. The molecule has 16 heavy (non-hydrogen) atoms. The number of alkyl carbamates (subject to hydrolysis) is 1. The van der Waals surface area contributed by atoms with E-state index in [0.29, 0.717) is 6.42 Å². The lowest BCUT2D eigenvalue weighted by atomic mass is 10.2. The van der Waals surface area contributed by atoms with Crippen molar-refractivity contribution in [3.63, 3.8) is 0 Å². The second kappa shape index (κ2) is 7.49. The lowest BCUT2D eigenvalue weighted by Gasteiger charge is -2.12. The zero-order valence-electron chi connectivity index (χ0n) is 9.06. The largest absolute Gasteiger partial charge is 0.480 e. The summed E-state index contributed by atoms with van der Waals surface area (Å²) in [4.78, 5) is 32.2. The van der Waals surface area contributed by atoms with Gasteiger partial charge in [-0.05, 0) is 6.42 Å². The van der Waals surface area contributed by atoms with Crippen LogP contribution in [0, 0.1) is 0 Å². The summed E-state index contributed by atoms with van der Waals surface area (Å²) >= 11 is 0. The van der Waals surface area contributed by atoms with Gasteiger partial charge >= 0.3 is 12.1 Å². The molecule has 0 bridgehead atoms. The predicted molar refractivity (Wildman–Crippen MR) is 54.6 cm³/mol. The lowest BCUT2D eigenvalue weighted by molar-refractivity contribution is -0.141. The van der Waals surface area contributed by atoms with Gasteiger partial charge in [-0.15, -0.1) is 0 Å². The highest BCUT2D eigenvalue weighted by molar-refractivity contribution is 5.86. The van der Waals surface area contributed by atoms with Gasteiger partial charge in [0.2, 0.25) is 5.91 Å². The molecule has 0 saturated heterocycles. The van der Waals surface area contributed by atoms with E-state index in [-0.39, 0.29) is 6.61 Å². The third-order valence-electron chi connectivity index (χ3n) is 1.73. The first-order chi connectivity index (χ1) is 7.47. The third-order valence-corrected chi connectivity index (χ3v) is 1.73. The third kappa shape index (κ3) is 6.63. The van der Waals surface area contributed by atoms with Crippen LogP contribution in [0.25, 0.3) is 0 Å². The number of nitrogens with one attached hydrogen (secondary N) is 1. The van der Waals surface area contributed by atoms with Gasteiger partial charge in [0.05, 0.1) is 13.0 Å². The quantitative estimate of drug-likeness (QED) is 0.527. The van der Waals surface area contributed by atoms with Crippen LogP contribution in [0.1, 0.15) is 26.2 Å². The van der Waals surface area contributed by atoms with Gasteiger partial charge in [-0.25, -0.2) is 9.59 Å². The van der Waals surface area contributed by atoms with Gasteiger partial charge in [0.1, 0.15) is 6.04 Å². The summed E-state index contributed by atoms with van der Waals surface area (Å²) in [5.74, 6) is -2.13. The molecule has 2 amide bonds. The zero-order chi connectivity index (χ0) is 12.6. The second-order valence-electron chi connectivity index (χ2n) is 3.20. The zero-order valence-corrected chi connectivity index (χ0v) is 9.06. The van der Waals surface area contributed by atoms with Gasteiger partial charge in [-0.1, -0.05) is 13.3 Å². The monoisotopic (exact) mass is 232 g/mol. The van der Waals surface area contributed by atoms with E-state index in [1.807, 2.05) is 12.2 Å². The summed E-state index contributed by atoms with van der Waals surface area (Å²) in [5, 5.41) is 10.7. The van der Waals surface area contributed by atoms with Crippen molar-refractivity contribution < 1.29 is 24.2 Å². The van der Waals surface area contributed by atoms with Crippen LogP contribution in [0.15, 0.2) is 0 Å². The highest BCUT2D eigenvalue weighted by Gasteiger charge is 2.22. The molecule has 0 heterocycles. The molecule has 0 radical (unpaired) electrons. The van der Waals surface area contributed by atoms with Crippen LogP contribution in [0.3, 0.4) is 0 Å². The summed E-state index contributed by atoms with van der Waals surface area (Å²) in [6, 6.07) is -1.34. The SMILES string of the molecule is CCCCOC(=O)N[C@@H](CC(N)=O)C(=O)O. The van der Waals surface area contributed by atoms with Crippen molar-refractivity contribution in [2.24, 2.45) is 5.73 Å². The van der Waals surface area contributed by atoms with Crippen molar-refractivity contribution in [3.8, 4) is 0 Å². The first-order valence-corrected chi connectivity index (χ1v) is 4.91. The first kappa shape index (κ1) is 14.2. The molecule has 4 N–H and O–H groups in total. The molecule has 0 aliphatic heterocycles. The van der Waals surface area contributed by atoms with E-state index in [9.17, 15) is 14.4 Å². The van der Waals surface area contributed by atoms with E-state index in [1.165, 1.54) is 0 Å². The summed E-state index contributed by atoms with van der Waals surface area (Å²) in [6.07, 6.45) is 0.234. The van der Waals surface area contributed by atoms with Crippen LogP contribution in [0.4, 0.5) is 4.79 Å². The van der Waals surface area contributed by atoms with Crippen LogP contribution in [0.5, 0.6) is 0 Å². The second-order valence-corrected chi connectivity index (χ2v) is 3.20. The van der Waals surface area contributed by atoms with Crippen LogP contribution < -0.4 is 11.1 Å². The fourth-order valence-electron chi connectivity index (χ4n) is 0.894. The van der Waals surface area contributed by atoms with Gasteiger partial charge in [-0.2, -0.15) is 0 Å². The predicted octanol–water partition coefficient (Wildman–Crippen LogP) is -0.159. The smallest absolute Gasteiger partial charge is 0.407 e. The Labute approximate surface area is 92.9 Å². The molecular formula is C9H16N2O5. The van der Waals surface area contributed by atoms with E-state index >= 15 is 0 Å². The van der Waals surface area contributed by atoms with E-state index in [4.69, 9.17) is 10.8 Å². The van der Waals surface area contributed by atoms with Gasteiger partial charge in [0.25, 0.3) is 0 Å². The minimum atomic E-state index is -1.34. The van der Waals surface area contributed by atoms with Crippen molar-refractivity contribution in [3.05, 3.63) is 0 Å². The number of carboxylic acids is 1. The van der Waals surface area contributed by atoms with E-state index in [0.717, 1.165) is 6.42 Å². The Morgan fingerprint density at radius 2 is 2.06 bits per heavy atom. The molecule has 7 heteroatoms. The molecule has 0 saturated carbocycles. The summed E-state index contributed by atoms with van der Waals surface area (Å²) in [7, 11) is 0. The molecule has 0 rings (SSSR count). The Kier molecular flexibility index (Phi) is 6.66. The van der Waals surface area contributed by atoms with Crippen LogP contribution in [-0.2, 0) is 14.3 Å². The van der Waals surface area contributed by atoms with Crippen molar-refractivity contribution in [1.29, 1.82) is 0 Å². The van der Waals surface area contributed by atoms with Gasteiger partial charge in [-0.3, -0.25) is 4.79 Å². The minimum absolute atomic E-state index is 0.214. The number of hydrogen-bond acceptors (Lipinski definition) is 4. The van der Waals surface area contributed by atoms with Crippen molar-refractivity contribution >= 4 is 18.0 Å². The Bertz CT molecular complexity index is 267. The normalized spacial score (nSPS) is 11.6. The maximum absolute atomic E-state index is 11.1. The first-order valence-electron chi connectivity index (χ1n) is 4.91. The topological polar surface area (TPSA) is 119 Å². The Hall–Kier alpha value is -1.79. The molecular weight excluding hydrogens is 216 g/mol. The maximum Gasteiger partial charge on any atom is 0.407 e. The lowest BCUT2D eigenvalue weighted by Crippen LogP contribution is -2.43. The molecule has 1 atom stereocenters. The van der Waals surface area contributed by atoms with Crippen LogP contribution >= 0.6 is 0 Å². The molecule has 0 aliphatic rings. The number of carboxylic acid groups (broad SMARTS) is 1. The maximum atomic E-state index is 11.1. The fraction of sp³-hybridized carbons (Fsp3) is 0.667. The minimum Gasteiger partial charge on any atom is -0.480 e. The number of hydrogen-bond donors (Lipinski definition) is 3. The number of carbonyl (C=O) groups is 3. The fourth-order valence-corrected chi connectivity index (χ4v) is 0.894. The van der Waals surface area contributed by atoms with Gasteiger partial charge in [0, 0.05) is 0 Å². The number of carbonyl (C=O) groups excluding carboxylic acids is 2. The average Bonchev–Trinajstić information content (AvgIpc) is 2.16. The van der Waals surface area contributed by atoms with Crippen molar-refractivity contribution in [1.82, 2.24) is 5.32 Å². The number of unbranched alkanes of at least 4 members (excludes halogenated alkanes) is 1. The van der Waals surface area contributed by atoms with Crippen LogP contribution in [0.2, 0.25) is 0 Å². The number of aliphatic carboxylic acids is 1. The molecule has 0 aromatic heterocycles. The highest BCUT2D eigenvalue weighted by atomic mass is 16.5. The molecule has 0 aromatic carbocycles. The number of ether oxygens (including phenoxy) is 1. The molecule has 92 valence electrons. The number of amides is 2. The molecule has 0 aromatic rings. The van der Waals surface area contributed by atoms with Gasteiger partial charge in [0.15, 0.2) is 0 Å². The average molecular weight is 232 g/mol. The van der Waals surface area contributed by atoms with Crippen LogP contribution in [-0.4, -0.2) is 35.7 Å². The Balaban J connectivity index is 4.03. The Morgan fingerprint density at radius 1 is 1.44 bits per heavy atom. The molecule has 0 spiro atoms. The summed E-state index contributed by atoms with van der Waals surface area (Å²) in [6.45, 7) is 2.14. The number of primary amides is 1. The van der Waals surface area contributed by atoms with Crippen molar-refractivity contribution in [2.75, 3.05) is 6.61 Å². The van der Waals surface area contributed by atoms with E-state index in [2.05, 4.69) is 4.74 Å². The van der Waals surface area contributed by atoms with Crippen molar-refractivity contribution in [2.45, 2.75) is 32.2 Å². The van der Waals surface area contributed by atoms with Gasteiger partial charge < -0.3 is 20.9 Å². The van der Waals surface area contributed by atoms with E-state index < -0.39 is 30.4 Å². The summed E-state index contributed by atoms with van der Waals surface area (Å²) < 4.78 is 4.68. The molecule has 0 fully saturated rings.